The Morgan fingerprint density at radius 3 is 2.36 bits per heavy atom. The van der Waals surface area contributed by atoms with Gasteiger partial charge in [0.05, 0.1) is 0 Å². The first-order valence-electron chi connectivity index (χ1n) is 2.88. The first-order chi connectivity index (χ1) is 4.99. The van der Waals surface area contributed by atoms with Crippen LogP contribution in [0.5, 0.6) is 0 Å². The molecule has 0 aliphatic heterocycles. The fourth-order valence-electron chi connectivity index (χ4n) is 0.495. The van der Waals surface area contributed by atoms with Gasteiger partial charge in [-0.1, -0.05) is 12.2 Å². The fraction of sp³-hybridized carbons (Fsp3) is 0.333. The summed E-state index contributed by atoms with van der Waals surface area (Å²) in [5, 5.41) is 0. The van der Waals surface area contributed by atoms with Gasteiger partial charge in [0.1, 0.15) is 6.10 Å². The summed E-state index contributed by atoms with van der Waals surface area (Å²) >= 11 is 0. The van der Waals surface area contributed by atoms with Gasteiger partial charge in [0.25, 0.3) is 0 Å². The summed E-state index contributed by atoms with van der Waals surface area (Å²) in [6.45, 7) is 6.69. The van der Waals surface area contributed by atoms with E-state index in [1.165, 1.54) is 12.2 Å². The molecule has 5 heteroatoms. The van der Waals surface area contributed by atoms with Crippen LogP contribution in [0, 0.1) is 0 Å². The van der Waals surface area contributed by atoms with Crippen LogP contribution in [-0.2, 0) is 14.6 Å². The molecule has 0 heterocycles. The Morgan fingerprint density at radius 1 is 1.55 bits per heavy atom. The van der Waals surface area contributed by atoms with Crippen molar-refractivity contribution >= 4 is 10.4 Å². The molecule has 0 aromatic heterocycles. The molecule has 0 fully saturated rings. The zero-order valence-electron chi connectivity index (χ0n) is 5.93. The molecule has 1 unspecified atom stereocenters. The van der Waals surface area contributed by atoms with Crippen LogP contribution in [0.2, 0.25) is 0 Å². The lowest BCUT2D eigenvalue weighted by atomic mass is 10.2. The van der Waals surface area contributed by atoms with Gasteiger partial charge in [0.15, 0.2) is 0 Å². The first kappa shape index (κ1) is 10.3. The molecule has 0 amide bonds. The van der Waals surface area contributed by atoms with Crippen molar-refractivity contribution in [1.29, 1.82) is 0 Å². The van der Waals surface area contributed by atoms with Crippen LogP contribution >= 0.6 is 0 Å². The highest BCUT2D eigenvalue weighted by Gasteiger charge is 2.11. The number of rotatable bonds is 5. The van der Waals surface area contributed by atoms with Crippen LogP contribution in [0.1, 0.15) is 6.42 Å². The minimum atomic E-state index is -4.38. The van der Waals surface area contributed by atoms with Gasteiger partial charge < -0.3 is 0 Å². The quantitative estimate of drug-likeness (QED) is 0.502. The summed E-state index contributed by atoms with van der Waals surface area (Å²) in [4.78, 5) is 0. The predicted molar refractivity (Wildman–Crippen MR) is 41.4 cm³/mol. The van der Waals surface area contributed by atoms with Crippen molar-refractivity contribution in [3.8, 4) is 0 Å². The van der Waals surface area contributed by atoms with Crippen molar-refractivity contribution in [2.75, 3.05) is 0 Å². The standard InChI is InChI=1S/C6H10O4S/c1-3-5-6(4-2)10-11(7,8)9/h3-4,6H,1-2,5H2,(H,7,8,9). The van der Waals surface area contributed by atoms with Crippen molar-refractivity contribution in [2.24, 2.45) is 0 Å². The van der Waals surface area contributed by atoms with Gasteiger partial charge in [0.2, 0.25) is 0 Å². The Kier molecular flexibility index (Phi) is 4.02. The molecular formula is C6H10O4S. The van der Waals surface area contributed by atoms with E-state index >= 15 is 0 Å². The van der Waals surface area contributed by atoms with E-state index in [9.17, 15) is 8.42 Å². The Hall–Kier alpha value is -0.650. The van der Waals surface area contributed by atoms with Crippen LogP contribution in [-0.4, -0.2) is 19.1 Å². The van der Waals surface area contributed by atoms with Crippen molar-refractivity contribution < 1.29 is 17.2 Å². The van der Waals surface area contributed by atoms with E-state index in [1.807, 2.05) is 0 Å². The summed E-state index contributed by atoms with van der Waals surface area (Å²) < 4.78 is 32.6. The zero-order chi connectivity index (χ0) is 8.91. The van der Waals surface area contributed by atoms with Crippen molar-refractivity contribution in [1.82, 2.24) is 0 Å². The molecule has 0 rings (SSSR count). The van der Waals surface area contributed by atoms with Crippen molar-refractivity contribution in [3.05, 3.63) is 25.3 Å². The first-order valence-corrected chi connectivity index (χ1v) is 4.25. The summed E-state index contributed by atoms with van der Waals surface area (Å²) in [6.07, 6.45) is 2.30. The fourth-order valence-corrected chi connectivity index (χ4v) is 0.965. The van der Waals surface area contributed by atoms with Gasteiger partial charge in [-0.25, -0.2) is 4.18 Å². The lowest BCUT2D eigenvalue weighted by Crippen LogP contribution is -2.14. The van der Waals surface area contributed by atoms with Gasteiger partial charge in [-0.3, -0.25) is 4.55 Å². The van der Waals surface area contributed by atoms with E-state index in [4.69, 9.17) is 4.55 Å². The van der Waals surface area contributed by atoms with E-state index in [0.717, 1.165) is 0 Å². The maximum absolute atomic E-state index is 10.1. The van der Waals surface area contributed by atoms with Crippen LogP contribution < -0.4 is 0 Å². The molecule has 11 heavy (non-hydrogen) atoms. The van der Waals surface area contributed by atoms with E-state index in [1.54, 1.807) is 0 Å². The second-order valence-corrected chi connectivity index (χ2v) is 2.87. The Bertz CT molecular complexity index is 229. The molecule has 0 aromatic carbocycles. The monoisotopic (exact) mass is 178 g/mol. The van der Waals surface area contributed by atoms with Crippen molar-refractivity contribution in [3.63, 3.8) is 0 Å². The van der Waals surface area contributed by atoms with Gasteiger partial charge in [-0.15, -0.1) is 13.2 Å². The molecule has 1 atom stereocenters. The van der Waals surface area contributed by atoms with E-state index < -0.39 is 16.5 Å². The SMILES string of the molecule is C=CCC(C=C)OS(=O)(=O)O. The number of hydrogen-bond donors (Lipinski definition) is 1. The average Bonchev–Trinajstić information content (AvgIpc) is 1.84. The van der Waals surface area contributed by atoms with Gasteiger partial charge in [0, 0.05) is 0 Å². The minimum Gasteiger partial charge on any atom is -0.264 e. The maximum Gasteiger partial charge on any atom is 0.397 e. The number of hydrogen-bond acceptors (Lipinski definition) is 3. The molecule has 0 aromatic rings. The molecule has 1 N–H and O–H groups in total. The van der Waals surface area contributed by atoms with Crippen LogP contribution in [0.15, 0.2) is 25.3 Å². The average molecular weight is 178 g/mol. The molecule has 0 bridgehead atoms. The topological polar surface area (TPSA) is 63.6 Å². The third kappa shape index (κ3) is 5.78. The zero-order valence-corrected chi connectivity index (χ0v) is 6.75. The second kappa shape index (κ2) is 4.27. The molecule has 64 valence electrons. The highest BCUT2D eigenvalue weighted by atomic mass is 32.3. The van der Waals surface area contributed by atoms with Gasteiger partial charge >= 0.3 is 10.4 Å². The molecule has 0 saturated heterocycles. The third-order valence-electron chi connectivity index (χ3n) is 0.907. The summed E-state index contributed by atoms with van der Waals surface area (Å²) in [5.74, 6) is 0. The van der Waals surface area contributed by atoms with Gasteiger partial charge in [-0.2, -0.15) is 8.42 Å². The maximum atomic E-state index is 10.1. The Morgan fingerprint density at radius 2 is 2.09 bits per heavy atom. The highest BCUT2D eigenvalue weighted by molar-refractivity contribution is 7.80. The molecule has 0 aliphatic carbocycles. The Labute approximate surface area is 66.1 Å². The van der Waals surface area contributed by atoms with Crippen LogP contribution in [0.25, 0.3) is 0 Å². The lowest BCUT2D eigenvalue weighted by molar-refractivity contribution is 0.222. The summed E-state index contributed by atoms with van der Waals surface area (Å²) in [6, 6.07) is 0. The lowest BCUT2D eigenvalue weighted by Gasteiger charge is -2.06. The van der Waals surface area contributed by atoms with Crippen LogP contribution in [0.3, 0.4) is 0 Å². The Balaban J connectivity index is 4.08. The van der Waals surface area contributed by atoms with E-state index in [0.29, 0.717) is 6.42 Å². The third-order valence-corrected chi connectivity index (χ3v) is 1.40. The molecule has 0 spiro atoms. The molecule has 0 radical (unpaired) electrons. The highest BCUT2D eigenvalue weighted by Crippen LogP contribution is 2.03. The second-order valence-electron chi connectivity index (χ2n) is 1.82. The molecule has 0 aliphatic rings. The van der Waals surface area contributed by atoms with Crippen LogP contribution in [0.4, 0.5) is 0 Å². The predicted octanol–water partition coefficient (Wildman–Crippen LogP) is 0.937. The molecule has 0 saturated carbocycles. The molecule has 4 nitrogen and oxygen atoms in total. The van der Waals surface area contributed by atoms with E-state index in [2.05, 4.69) is 17.3 Å². The largest absolute Gasteiger partial charge is 0.397 e. The van der Waals surface area contributed by atoms with E-state index in [-0.39, 0.29) is 0 Å². The van der Waals surface area contributed by atoms with Gasteiger partial charge in [-0.05, 0) is 6.42 Å². The molecular weight excluding hydrogens is 168 g/mol. The minimum absolute atomic E-state index is 0.295. The normalized spacial score (nSPS) is 13.9. The van der Waals surface area contributed by atoms with Crippen molar-refractivity contribution in [2.45, 2.75) is 12.5 Å². The summed E-state index contributed by atoms with van der Waals surface area (Å²) in [5.41, 5.74) is 0. The summed E-state index contributed by atoms with van der Waals surface area (Å²) in [7, 11) is -4.38. The smallest absolute Gasteiger partial charge is 0.264 e.